The average molecular weight is 344 g/mol. The number of ether oxygens (including phenoxy) is 1. The maximum Gasteiger partial charge on any atom is 0.273 e. The molecule has 0 heterocycles. The van der Waals surface area contributed by atoms with E-state index in [4.69, 9.17) is 4.74 Å². The summed E-state index contributed by atoms with van der Waals surface area (Å²) in [7, 11) is 0. The van der Waals surface area contributed by atoms with Crippen molar-refractivity contribution in [2.75, 3.05) is 0 Å². The summed E-state index contributed by atoms with van der Waals surface area (Å²) in [6.45, 7) is 0. The fraction of sp³-hybridized carbons (Fsp3) is 0.0769. The smallest absolute Gasteiger partial charge is 0.273 e. The van der Waals surface area contributed by atoms with Crippen LogP contribution < -0.4 is 4.74 Å². The Morgan fingerprint density at radius 3 is 2.55 bits per heavy atom. The minimum Gasteiger partial charge on any atom is -0.454 e. The standard InChI is InChI=1S/C13H8BrF2NO3/c14-7-8-5-10(2-3-12(8)17(18)19)20-13-4-1-9(15)6-11(13)16/h1-6H,7H2. The molecule has 2 aromatic carbocycles. The first kappa shape index (κ1) is 14.4. The summed E-state index contributed by atoms with van der Waals surface area (Å²) < 4.78 is 31.5. The van der Waals surface area contributed by atoms with Gasteiger partial charge in [-0.15, -0.1) is 0 Å². The van der Waals surface area contributed by atoms with Crippen LogP contribution in [0.15, 0.2) is 36.4 Å². The second-order valence-electron chi connectivity index (χ2n) is 3.86. The molecule has 0 radical (unpaired) electrons. The highest BCUT2D eigenvalue weighted by atomic mass is 79.9. The molecule has 0 bridgehead atoms. The van der Waals surface area contributed by atoms with E-state index in [0.717, 1.165) is 12.1 Å². The predicted molar refractivity (Wildman–Crippen MR) is 72.2 cm³/mol. The van der Waals surface area contributed by atoms with E-state index in [0.29, 0.717) is 11.6 Å². The van der Waals surface area contributed by atoms with Crippen LogP contribution in [0.2, 0.25) is 0 Å². The number of nitrogens with zero attached hydrogens (tertiary/aromatic N) is 1. The van der Waals surface area contributed by atoms with Gasteiger partial charge in [-0.05, 0) is 24.3 Å². The van der Waals surface area contributed by atoms with Gasteiger partial charge < -0.3 is 4.74 Å². The van der Waals surface area contributed by atoms with E-state index in [1.165, 1.54) is 18.2 Å². The lowest BCUT2D eigenvalue weighted by atomic mass is 10.2. The molecule has 0 fully saturated rings. The SMILES string of the molecule is O=[N+]([O-])c1ccc(Oc2ccc(F)cc2F)cc1CBr. The van der Waals surface area contributed by atoms with E-state index >= 15 is 0 Å². The molecule has 20 heavy (non-hydrogen) atoms. The number of hydrogen-bond donors (Lipinski definition) is 0. The third-order valence-corrected chi connectivity index (χ3v) is 3.12. The number of halogens is 3. The highest BCUT2D eigenvalue weighted by Crippen LogP contribution is 2.30. The fourth-order valence-corrected chi connectivity index (χ4v) is 2.04. The third-order valence-electron chi connectivity index (χ3n) is 2.51. The van der Waals surface area contributed by atoms with Crippen molar-refractivity contribution in [3.63, 3.8) is 0 Å². The Hall–Kier alpha value is -2.02. The highest BCUT2D eigenvalue weighted by Gasteiger charge is 2.14. The summed E-state index contributed by atoms with van der Waals surface area (Å²) >= 11 is 3.14. The van der Waals surface area contributed by atoms with Crippen LogP contribution in [0.25, 0.3) is 0 Å². The molecule has 0 aliphatic heterocycles. The van der Waals surface area contributed by atoms with Crippen LogP contribution in [0, 0.1) is 21.7 Å². The van der Waals surface area contributed by atoms with Crippen molar-refractivity contribution in [2.45, 2.75) is 5.33 Å². The molecule has 7 heteroatoms. The summed E-state index contributed by atoms with van der Waals surface area (Å²) in [6.07, 6.45) is 0. The van der Waals surface area contributed by atoms with Crippen molar-refractivity contribution >= 4 is 21.6 Å². The molecule has 0 aliphatic rings. The molecular formula is C13H8BrF2NO3. The molecule has 104 valence electrons. The lowest BCUT2D eigenvalue weighted by molar-refractivity contribution is -0.385. The van der Waals surface area contributed by atoms with E-state index in [1.54, 1.807) is 0 Å². The van der Waals surface area contributed by atoms with Gasteiger partial charge in [-0.1, -0.05) is 15.9 Å². The van der Waals surface area contributed by atoms with Gasteiger partial charge in [0.15, 0.2) is 11.6 Å². The number of rotatable bonds is 4. The average Bonchev–Trinajstić information content (AvgIpc) is 2.41. The fourth-order valence-electron chi connectivity index (χ4n) is 1.60. The van der Waals surface area contributed by atoms with Crippen LogP contribution in [-0.2, 0) is 5.33 Å². The zero-order valence-electron chi connectivity index (χ0n) is 9.98. The summed E-state index contributed by atoms with van der Waals surface area (Å²) in [5, 5.41) is 11.0. The summed E-state index contributed by atoms with van der Waals surface area (Å²) in [5.41, 5.74) is 0.337. The zero-order chi connectivity index (χ0) is 14.7. The van der Waals surface area contributed by atoms with Crippen LogP contribution in [0.5, 0.6) is 11.5 Å². The van der Waals surface area contributed by atoms with Crippen molar-refractivity contribution in [1.82, 2.24) is 0 Å². The zero-order valence-corrected chi connectivity index (χ0v) is 11.6. The Morgan fingerprint density at radius 2 is 1.95 bits per heavy atom. The number of nitro groups is 1. The topological polar surface area (TPSA) is 52.4 Å². The largest absolute Gasteiger partial charge is 0.454 e. The first-order valence-electron chi connectivity index (χ1n) is 5.47. The molecule has 0 saturated carbocycles. The summed E-state index contributed by atoms with van der Waals surface area (Å²) in [4.78, 5) is 10.3. The van der Waals surface area contributed by atoms with Crippen LogP contribution in [0.1, 0.15) is 5.56 Å². The predicted octanol–water partition coefficient (Wildman–Crippen LogP) is 4.56. The summed E-state index contributed by atoms with van der Waals surface area (Å²) in [5.74, 6) is -1.47. The van der Waals surface area contributed by atoms with Gasteiger partial charge in [0.05, 0.1) is 4.92 Å². The van der Waals surface area contributed by atoms with Crippen molar-refractivity contribution in [2.24, 2.45) is 0 Å². The molecule has 0 unspecified atom stereocenters. The lowest BCUT2D eigenvalue weighted by Gasteiger charge is -2.08. The van der Waals surface area contributed by atoms with Gasteiger partial charge in [-0.2, -0.15) is 0 Å². The van der Waals surface area contributed by atoms with Crippen molar-refractivity contribution < 1.29 is 18.4 Å². The molecule has 0 aliphatic carbocycles. The number of hydrogen-bond acceptors (Lipinski definition) is 3. The van der Waals surface area contributed by atoms with Gasteiger partial charge >= 0.3 is 0 Å². The summed E-state index contributed by atoms with van der Waals surface area (Å²) in [6, 6.07) is 6.97. The Labute approximate surface area is 121 Å². The highest BCUT2D eigenvalue weighted by molar-refractivity contribution is 9.08. The van der Waals surface area contributed by atoms with Crippen LogP contribution in [0.3, 0.4) is 0 Å². The molecular weight excluding hydrogens is 336 g/mol. The lowest BCUT2D eigenvalue weighted by Crippen LogP contribution is -1.95. The molecule has 4 nitrogen and oxygen atoms in total. The van der Waals surface area contributed by atoms with Gasteiger partial charge in [-0.25, -0.2) is 8.78 Å². The molecule has 2 aromatic rings. The van der Waals surface area contributed by atoms with E-state index in [-0.39, 0.29) is 22.5 Å². The minimum atomic E-state index is -0.844. The normalized spacial score (nSPS) is 10.3. The maximum atomic E-state index is 13.4. The molecule has 2 rings (SSSR count). The second-order valence-corrected chi connectivity index (χ2v) is 4.42. The van der Waals surface area contributed by atoms with Crippen molar-refractivity contribution in [3.05, 3.63) is 63.7 Å². The first-order valence-corrected chi connectivity index (χ1v) is 6.59. The van der Waals surface area contributed by atoms with Gasteiger partial charge in [0.2, 0.25) is 0 Å². The molecule has 0 amide bonds. The van der Waals surface area contributed by atoms with Crippen LogP contribution in [-0.4, -0.2) is 4.92 Å². The quantitative estimate of drug-likeness (QED) is 0.464. The Kier molecular flexibility index (Phi) is 4.29. The molecule has 0 saturated heterocycles. The maximum absolute atomic E-state index is 13.4. The first-order chi connectivity index (χ1) is 9.51. The van der Waals surface area contributed by atoms with Gasteiger partial charge in [0, 0.05) is 23.0 Å². The minimum absolute atomic E-state index is 0.0613. The van der Waals surface area contributed by atoms with Crippen molar-refractivity contribution in [3.8, 4) is 11.5 Å². The number of nitro benzene ring substituents is 1. The molecule has 0 atom stereocenters. The number of alkyl halides is 1. The van der Waals surface area contributed by atoms with E-state index in [9.17, 15) is 18.9 Å². The van der Waals surface area contributed by atoms with Crippen LogP contribution >= 0.6 is 15.9 Å². The van der Waals surface area contributed by atoms with E-state index in [1.807, 2.05) is 0 Å². The Morgan fingerprint density at radius 1 is 1.20 bits per heavy atom. The van der Waals surface area contributed by atoms with Gasteiger partial charge in [-0.3, -0.25) is 10.1 Å². The Balaban J connectivity index is 2.32. The molecule has 0 N–H and O–H groups in total. The second kappa shape index (κ2) is 5.96. The van der Waals surface area contributed by atoms with E-state index < -0.39 is 16.6 Å². The van der Waals surface area contributed by atoms with Crippen LogP contribution in [0.4, 0.5) is 14.5 Å². The third kappa shape index (κ3) is 3.11. The van der Waals surface area contributed by atoms with Gasteiger partial charge in [0.1, 0.15) is 11.6 Å². The van der Waals surface area contributed by atoms with Gasteiger partial charge in [0.25, 0.3) is 5.69 Å². The van der Waals surface area contributed by atoms with Crippen molar-refractivity contribution in [1.29, 1.82) is 0 Å². The molecule has 0 aromatic heterocycles. The molecule has 0 spiro atoms. The number of benzene rings is 2. The Bertz CT molecular complexity index is 664. The van der Waals surface area contributed by atoms with E-state index in [2.05, 4.69) is 15.9 Å². The monoisotopic (exact) mass is 343 g/mol.